The lowest BCUT2D eigenvalue weighted by Crippen LogP contribution is -2.20. The van der Waals surface area contributed by atoms with E-state index in [4.69, 9.17) is 0 Å². The number of hydrogen-bond acceptors (Lipinski definition) is 2. The summed E-state index contributed by atoms with van der Waals surface area (Å²) in [4.78, 5) is 3.41. The highest BCUT2D eigenvalue weighted by Crippen LogP contribution is 2.31. The zero-order valence-electron chi connectivity index (χ0n) is 10.4. The fourth-order valence-corrected chi connectivity index (χ4v) is 1.83. The van der Waals surface area contributed by atoms with Crippen LogP contribution in [0.2, 0.25) is 0 Å². The number of hydrogen-bond donors (Lipinski definition) is 1. The van der Waals surface area contributed by atoms with Gasteiger partial charge in [-0.2, -0.15) is 17.6 Å². The minimum atomic E-state index is -4.30. The average molecular weight is 284 g/mol. The van der Waals surface area contributed by atoms with Crippen LogP contribution >= 0.6 is 0 Å². The Morgan fingerprint density at radius 1 is 1.05 bits per heavy atom. The zero-order valence-corrected chi connectivity index (χ0v) is 10.4. The van der Waals surface area contributed by atoms with Crippen molar-refractivity contribution in [3.05, 3.63) is 60.2 Å². The quantitative estimate of drug-likeness (QED) is 0.668. The van der Waals surface area contributed by atoms with Gasteiger partial charge in [0, 0.05) is 0 Å². The van der Waals surface area contributed by atoms with Crippen LogP contribution in [0.4, 0.5) is 23.2 Å². The van der Waals surface area contributed by atoms with Crippen molar-refractivity contribution in [3.8, 4) is 0 Å². The minimum absolute atomic E-state index is 0.338. The summed E-state index contributed by atoms with van der Waals surface area (Å²) in [5, 5.41) is 2.73. The summed E-state index contributed by atoms with van der Waals surface area (Å²) >= 11 is 0. The van der Waals surface area contributed by atoms with Gasteiger partial charge < -0.3 is 5.32 Å². The third kappa shape index (κ3) is 4.22. The molecule has 1 aromatic carbocycles. The van der Waals surface area contributed by atoms with Crippen LogP contribution in [0, 0.1) is 5.95 Å². The van der Waals surface area contributed by atoms with Gasteiger partial charge in [0.1, 0.15) is 0 Å². The van der Waals surface area contributed by atoms with Gasteiger partial charge in [-0.3, -0.25) is 0 Å². The van der Waals surface area contributed by atoms with Gasteiger partial charge in [0.2, 0.25) is 5.95 Å². The predicted molar refractivity (Wildman–Crippen MR) is 67.7 cm³/mol. The maximum atomic E-state index is 12.7. The van der Waals surface area contributed by atoms with Crippen LogP contribution in [-0.2, 0) is 0 Å². The summed E-state index contributed by atoms with van der Waals surface area (Å²) in [6.45, 7) is 0. The zero-order chi connectivity index (χ0) is 14.6. The Labute approximate surface area is 113 Å². The van der Waals surface area contributed by atoms with E-state index in [9.17, 15) is 17.6 Å². The van der Waals surface area contributed by atoms with Gasteiger partial charge in [-0.05, 0) is 17.7 Å². The molecule has 0 aliphatic heterocycles. The maximum Gasteiger partial charge on any atom is 0.391 e. The monoisotopic (exact) mass is 284 g/mol. The molecule has 1 unspecified atom stereocenters. The van der Waals surface area contributed by atoms with E-state index >= 15 is 0 Å². The third-order valence-electron chi connectivity index (χ3n) is 2.71. The Bertz CT molecular complexity index is 537. The number of anilines is 1. The van der Waals surface area contributed by atoms with Crippen molar-refractivity contribution in [3.63, 3.8) is 0 Å². The minimum Gasteiger partial charge on any atom is -0.377 e. The lowest BCUT2D eigenvalue weighted by Gasteiger charge is -2.21. The molecule has 1 atom stereocenters. The van der Waals surface area contributed by atoms with E-state index in [2.05, 4.69) is 10.3 Å². The highest BCUT2D eigenvalue weighted by Gasteiger charge is 2.32. The molecule has 0 aliphatic carbocycles. The summed E-state index contributed by atoms with van der Waals surface area (Å²) in [7, 11) is 0. The molecule has 0 amide bonds. The second kappa shape index (κ2) is 5.90. The molecule has 0 bridgehead atoms. The van der Waals surface area contributed by atoms with E-state index in [1.807, 2.05) is 0 Å². The molecule has 0 saturated heterocycles. The molecule has 1 aromatic heterocycles. The Hall–Kier alpha value is -2.11. The summed E-state index contributed by atoms with van der Waals surface area (Å²) < 4.78 is 50.6. The molecule has 1 N–H and O–H groups in total. The van der Waals surface area contributed by atoms with Gasteiger partial charge in [0.05, 0.1) is 24.3 Å². The third-order valence-corrected chi connectivity index (χ3v) is 2.71. The first-order chi connectivity index (χ1) is 9.44. The Morgan fingerprint density at radius 2 is 1.75 bits per heavy atom. The smallest absolute Gasteiger partial charge is 0.377 e. The molecule has 2 aromatic rings. The van der Waals surface area contributed by atoms with E-state index in [0.717, 1.165) is 6.07 Å². The molecule has 2 nitrogen and oxygen atoms in total. The van der Waals surface area contributed by atoms with Crippen molar-refractivity contribution in [2.45, 2.75) is 18.6 Å². The number of rotatable bonds is 4. The number of halogens is 4. The Kier molecular flexibility index (Phi) is 4.22. The summed E-state index contributed by atoms with van der Waals surface area (Å²) in [5.41, 5.74) is 0.846. The normalized spacial score (nSPS) is 13.0. The summed E-state index contributed by atoms with van der Waals surface area (Å²) in [6, 6.07) is 9.80. The van der Waals surface area contributed by atoms with Crippen LogP contribution in [0.1, 0.15) is 18.0 Å². The Morgan fingerprint density at radius 3 is 2.30 bits per heavy atom. The number of benzene rings is 1. The maximum absolute atomic E-state index is 12.7. The highest BCUT2D eigenvalue weighted by molar-refractivity contribution is 5.43. The number of aromatic nitrogens is 1. The molecule has 20 heavy (non-hydrogen) atoms. The van der Waals surface area contributed by atoms with E-state index in [1.165, 1.54) is 12.3 Å². The number of pyridine rings is 1. The summed E-state index contributed by atoms with van der Waals surface area (Å²) in [5.74, 6) is -0.678. The first kappa shape index (κ1) is 14.3. The van der Waals surface area contributed by atoms with Crippen molar-refractivity contribution in [1.82, 2.24) is 4.98 Å². The molecule has 0 spiro atoms. The van der Waals surface area contributed by atoms with Gasteiger partial charge in [-0.15, -0.1) is 0 Å². The molecule has 0 aliphatic rings. The molecule has 106 valence electrons. The lowest BCUT2D eigenvalue weighted by atomic mass is 10.0. The lowest BCUT2D eigenvalue weighted by molar-refractivity contribution is -0.137. The van der Waals surface area contributed by atoms with Crippen LogP contribution in [0.15, 0.2) is 48.7 Å². The second-order valence-electron chi connectivity index (χ2n) is 4.30. The largest absolute Gasteiger partial charge is 0.391 e. The molecular formula is C14H12F4N2. The van der Waals surface area contributed by atoms with Crippen molar-refractivity contribution in [2.75, 3.05) is 5.32 Å². The van der Waals surface area contributed by atoms with Gasteiger partial charge in [0.15, 0.2) is 0 Å². The SMILES string of the molecule is Fc1ccc(NC(CC(F)(F)F)c2ccccc2)cn1. The topological polar surface area (TPSA) is 24.9 Å². The van der Waals surface area contributed by atoms with Crippen LogP contribution in [0.25, 0.3) is 0 Å². The fraction of sp³-hybridized carbons (Fsp3) is 0.214. The van der Waals surface area contributed by atoms with Gasteiger partial charge in [-0.25, -0.2) is 4.98 Å². The van der Waals surface area contributed by atoms with Crippen molar-refractivity contribution < 1.29 is 17.6 Å². The van der Waals surface area contributed by atoms with Crippen molar-refractivity contribution in [2.24, 2.45) is 0 Å². The summed E-state index contributed by atoms with van der Waals surface area (Å²) in [6.07, 6.45) is -4.16. The molecule has 2 rings (SSSR count). The predicted octanol–water partition coefficient (Wildman–Crippen LogP) is 4.33. The van der Waals surface area contributed by atoms with Crippen LogP contribution in [0.5, 0.6) is 0 Å². The van der Waals surface area contributed by atoms with E-state index in [1.54, 1.807) is 30.3 Å². The molecule has 0 radical (unpaired) electrons. The van der Waals surface area contributed by atoms with Gasteiger partial charge in [-0.1, -0.05) is 30.3 Å². The fourth-order valence-electron chi connectivity index (χ4n) is 1.83. The van der Waals surface area contributed by atoms with Crippen molar-refractivity contribution >= 4 is 5.69 Å². The first-order valence-corrected chi connectivity index (χ1v) is 5.94. The number of nitrogens with zero attached hydrogens (tertiary/aromatic N) is 1. The van der Waals surface area contributed by atoms with E-state index in [0.29, 0.717) is 11.3 Å². The van der Waals surface area contributed by atoms with E-state index < -0.39 is 24.6 Å². The molecule has 1 heterocycles. The highest BCUT2D eigenvalue weighted by atomic mass is 19.4. The molecule has 0 saturated carbocycles. The molecular weight excluding hydrogens is 272 g/mol. The first-order valence-electron chi connectivity index (χ1n) is 5.94. The standard InChI is InChI=1S/C14H12F4N2/c15-13-7-6-11(9-19-13)20-12(8-14(16,17)18)10-4-2-1-3-5-10/h1-7,9,12,20H,8H2. The van der Waals surface area contributed by atoms with Crippen LogP contribution in [-0.4, -0.2) is 11.2 Å². The average Bonchev–Trinajstić information content (AvgIpc) is 2.40. The Balaban J connectivity index is 2.20. The van der Waals surface area contributed by atoms with Crippen LogP contribution in [0.3, 0.4) is 0 Å². The van der Waals surface area contributed by atoms with Gasteiger partial charge in [0.25, 0.3) is 0 Å². The number of nitrogens with one attached hydrogen (secondary N) is 1. The van der Waals surface area contributed by atoms with Crippen LogP contribution < -0.4 is 5.32 Å². The van der Waals surface area contributed by atoms with Crippen molar-refractivity contribution in [1.29, 1.82) is 0 Å². The second-order valence-corrected chi connectivity index (χ2v) is 4.30. The van der Waals surface area contributed by atoms with Gasteiger partial charge >= 0.3 is 6.18 Å². The van der Waals surface area contributed by atoms with E-state index in [-0.39, 0.29) is 0 Å². The number of alkyl halides is 3. The molecule has 0 fully saturated rings. The molecule has 6 heteroatoms.